The highest BCUT2D eigenvalue weighted by molar-refractivity contribution is 6.74. The van der Waals surface area contributed by atoms with Crippen molar-refractivity contribution in [3.8, 4) is 0 Å². The van der Waals surface area contributed by atoms with E-state index in [4.69, 9.17) is 9.16 Å². The van der Waals surface area contributed by atoms with Crippen molar-refractivity contribution in [2.24, 2.45) is 0 Å². The maximum atomic E-state index is 12.0. The molecule has 23 heavy (non-hydrogen) atoms. The number of nitrogens with zero attached hydrogens (tertiary/aromatic N) is 1. The smallest absolute Gasteiger partial charge is 0.330 e. The molecule has 3 atom stereocenters. The number of hydrogen-bond acceptors (Lipinski definition) is 5. The summed E-state index contributed by atoms with van der Waals surface area (Å²) in [5, 5.41) is 9.37. The number of rotatable bonds is 4. The molecular formula is C15H25N2O5Si. The predicted octanol–water partition coefficient (Wildman–Crippen LogP) is 1.02. The molecule has 2 heterocycles. The van der Waals surface area contributed by atoms with Gasteiger partial charge in [0.25, 0.3) is 5.56 Å². The number of aliphatic hydroxyl groups is 1. The summed E-state index contributed by atoms with van der Waals surface area (Å²) in [6.45, 7) is 10.4. The molecule has 0 amide bonds. The van der Waals surface area contributed by atoms with E-state index in [1.54, 1.807) is 6.42 Å². The van der Waals surface area contributed by atoms with Gasteiger partial charge in [-0.2, -0.15) is 0 Å². The molecule has 0 aromatic carbocycles. The molecule has 0 aliphatic carbocycles. The summed E-state index contributed by atoms with van der Waals surface area (Å²) in [5.74, 6) is 0. The number of aromatic nitrogens is 2. The van der Waals surface area contributed by atoms with Crippen molar-refractivity contribution in [3.63, 3.8) is 0 Å². The van der Waals surface area contributed by atoms with Crippen LogP contribution in [0, 0.1) is 6.42 Å². The summed E-state index contributed by atoms with van der Waals surface area (Å²) in [6, 6.07) is 1.26. The number of H-pyrrole nitrogens is 1. The zero-order chi connectivity index (χ0) is 17.4. The second-order valence-electron chi connectivity index (χ2n) is 7.30. The first-order valence-corrected chi connectivity index (χ1v) is 10.6. The SMILES string of the molecule is CC(C)(C)[Si](C)(C)O[C@@H]1[CH][C@H](CO)O[C@H]1n1ccc(=O)[nH]c1=O. The zero-order valence-corrected chi connectivity index (χ0v) is 15.2. The van der Waals surface area contributed by atoms with Crippen molar-refractivity contribution in [1.29, 1.82) is 0 Å². The minimum absolute atomic E-state index is 0.00134. The molecule has 0 bridgehead atoms. The van der Waals surface area contributed by atoms with Gasteiger partial charge in [-0.3, -0.25) is 14.3 Å². The van der Waals surface area contributed by atoms with Crippen molar-refractivity contribution in [2.75, 3.05) is 6.61 Å². The normalized spacial score (nSPS) is 25.7. The molecule has 7 nitrogen and oxygen atoms in total. The summed E-state index contributed by atoms with van der Waals surface area (Å²) in [7, 11) is -2.10. The third-order valence-electron chi connectivity index (χ3n) is 4.54. The Hall–Kier alpha value is -1.22. The molecule has 1 aromatic rings. The number of ether oxygens (including phenoxy) is 1. The van der Waals surface area contributed by atoms with E-state index in [1.165, 1.54) is 16.8 Å². The molecule has 1 aliphatic heterocycles. The van der Waals surface area contributed by atoms with Gasteiger partial charge >= 0.3 is 5.69 Å². The van der Waals surface area contributed by atoms with E-state index in [9.17, 15) is 14.7 Å². The van der Waals surface area contributed by atoms with Gasteiger partial charge in [-0.25, -0.2) is 4.79 Å². The van der Waals surface area contributed by atoms with Gasteiger partial charge in [0.15, 0.2) is 14.5 Å². The largest absolute Gasteiger partial charge is 0.409 e. The lowest BCUT2D eigenvalue weighted by Crippen LogP contribution is -2.46. The maximum Gasteiger partial charge on any atom is 0.330 e. The molecule has 2 rings (SSSR count). The maximum absolute atomic E-state index is 12.0. The van der Waals surface area contributed by atoms with Gasteiger partial charge in [0, 0.05) is 18.7 Å². The first-order chi connectivity index (χ1) is 10.5. The molecule has 2 N–H and O–H groups in total. The second kappa shape index (κ2) is 6.35. The Kier molecular flexibility index (Phi) is 5.00. The van der Waals surface area contributed by atoms with Crippen LogP contribution in [0.1, 0.15) is 27.0 Å². The highest BCUT2D eigenvalue weighted by Crippen LogP contribution is 2.41. The molecule has 1 radical (unpaired) electrons. The van der Waals surface area contributed by atoms with Crippen LogP contribution in [0.25, 0.3) is 0 Å². The highest BCUT2D eigenvalue weighted by atomic mass is 28.4. The van der Waals surface area contributed by atoms with Gasteiger partial charge < -0.3 is 14.3 Å². The van der Waals surface area contributed by atoms with Crippen molar-refractivity contribution in [3.05, 3.63) is 39.5 Å². The topological polar surface area (TPSA) is 93.5 Å². The minimum atomic E-state index is -2.10. The quantitative estimate of drug-likeness (QED) is 0.798. The van der Waals surface area contributed by atoms with Crippen LogP contribution in [-0.4, -0.2) is 41.8 Å². The minimum Gasteiger partial charge on any atom is -0.409 e. The van der Waals surface area contributed by atoms with Crippen LogP contribution in [0.15, 0.2) is 21.9 Å². The lowest BCUT2D eigenvalue weighted by molar-refractivity contribution is -0.0499. The number of hydrogen-bond donors (Lipinski definition) is 2. The summed E-state index contributed by atoms with van der Waals surface area (Å²) in [5.41, 5.74) is -1.02. The third-order valence-corrected chi connectivity index (χ3v) is 9.02. The Balaban J connectivity index is 2.32. The van der Waals surface area contributed by atoms with E-state index >= 15 is 0 Å². The van der Waals surface area contributed by atoms with Crippen LogP contribution in [0.3, 0.4) is 0 Å². The van der Waals surface area contributed by atoms with Crippen molar-refractivity contribution in [1.82, 2.24) is 9.55 Å². The number of nitrogens with one attached hydrogen (secondary N) is 1. The fourth-order valence-electron chi connectivity index (χ4n) is 2.18. The van der Waals surface area contributed by atoms with Crippen LogP contribution in [0.5, 0.6) is 0 Å². The van der Waals surface area contributed by atoms with Gasteiger partial charge in [0.2, 0.25) is 0 Å². The van der Waals surface area contributed by atoms with Gasteiger partial charge in [-0.05, 0) is 18.1 Å². The second-order valence-corrected chi connectivity index (χ2v) is 12.1. The molecule has 1 aromatic heterocycles. The molecule has 0 unspecified atom stereocenters. The molecule has 1 saturated heterocycles. The van der Waals surface area contributed by atoms with E-state index in [1.807, 2.05) is 0 Å². The molecule has 8 heteroatoms. The summed E-state index contributed by atoms with van der Waals surface area (Å²) in [6.07, 6.45) is 1.50. The Morgan fingerprint density at radius 2 is 2.04 bits per heavy atom. The predicted molar refractivity (Wildman–Crippen MR) is 88.7 cm³/mol. The van der Waals surface area contributed by atoms with Gasteiger partial charge in [-0.1, -0.05) is 20.8 Å². The van der Waals surface area contributed by atoms with Crippen molar-refractivity contribution >= 4 is 8.32 Å². The van der Waals surface area contributed by atoms with E-state index in [2.05, 4.69) is 38.8 Å². The molecule has 0 spiro atoms. The van der Waals surface area contributed by atoms with Crippen molar-refractivity contribution < 1.29 is 14.3 Å². The highest BCUT2D eigenvalue weighted by Gasteiger charge is 2.45. The fraction of sp³-hybridized carbons (Fsp3) is 0.667. The summed E-state index contributed by atoms with van der Waals surface area (Å²) >= 11 is 0. The molecular weight excluding hydrogens is 316 g/mol. The van der Waals surface area contributed by atoms with Crippen LogP contribution in [0.4, 0.5) is 0 Å². The first kappa shape index (κ1) is 18.1. The Bertz CT molecular complexity index is 661. The Morgan fingerprint density at radius 1 is 1.39 bits per heavy atom. The van der Waals surface area contributed by atoms with Crippen LogP contribution >= 0.6 is 0 Å². The summed E-state index contributed by atoms with van der Waals surface area (Å²) < 4.78 is 13.4. The number of aliphatic hydroxyl groups excluding tert-OH is 1. The van der Waals surface area contributed by atoms with E-state index in [0.29, 0.717) is 0 Å². The first-order valence-electron chi connectivity index (χ1n) is 7.66. The van der Waals surface area contributed by atoms with E-state index in [0.717, 1.165) is 0 Å². The van der Waals surface area contributed by atoms with Crippen LogP contribution in [-0.2, 0) is 9.16 Å². The van der Waals surface area contributed by atoms with Gasteiger partial charge in [-0.15, -0.1) is 0 Å². The lowest BCUT2D eigenvalue weighted by Gasteiger charge is -2.39. The van der Waals surface area contributed by atoms with Crippen molar-refractivity contribution in [2.45, 2.75) is 57.3 Å². The summed E-state index contributed by atoms with van der Waals surface area (Å²) in [4.78, 5) is 25.5. The van der Waals surface area contributed by atoms with E-state index < -0.39 is 38.0 Å². The zero-order valence-electron chi connectivity index (χ0n) is 14.2. The Labute approximate surface area is 136 Å². The Morgan fingerprint density at radius 3 is 2.57 bits per heavy atom. The lowest BCUT2D eigenvalue weighted by atomic mass is 10.2. The average Bonchev–Trinajstić information content (AvgIpc) is 2.79. The molecule has 1 aliphatic rings. The fourth-order valence-corrected chi connectivity index (χ4v) is 3.41. The molecule has 129 valence electrons. The molecule has 0 saturated carbocycles. The van der Waals surface area contributed by atoms with Gasteiger partial charge in [0.05, 0.1) is 18.8 Å². The van der Waals surface area contributed by atoms with Crippen LogP contribution in [0.2, 0.25) is 18.1 Å². The standard InChI is InChI=1S/C15H25N2O5Si/c1-15(2,3)23(4,5)22-11-8-10(9-18)21-13(11)17-7-6-12(19)16-14(17)20/h6-8,10-11,13,18H,9H2,1-5H3,(H,16,19,20)/t10-,11-,13-/m1/s1. The van der Waals surface area contributed by atoms with Gasteiger partial charge in [0.1, 0.15) is 0 Å². The molecule has 1 fully saturated rings. The third kappa shape index (κ3) is 3.82. The monoisotopic (exact) mass is 341 g/mol. The average molecular weight is 341 g/mol. The number of aromatic amines is 1. The van der Waals surface area contributed by atoms with Crippen LogP contribution < -0.4 is 11.2 Å². The van der Waals surface area contributed by atoms with E-state index in [-0.39, 0.29) is 11.6 Å².